The number of benzene rings is 1. The number of likely N-dealkylation sites (tertiary alicyclic amines) is 1. The minimum absolute atomic E-state index is 0. The second kappa shape index (κ2) is 6.94. The predicted molar refractivity (Wildman–Crippen MR) is 87.1 cm³/mol. The highest BCUT2D eigenvalue weighted by atomic mass is 35.5. The Morgan fingerprint density at radius 1 is 1.27 bits per heavy atom. The zero-order valence-corrected chi connectivity index (χ0v) is 13.2. The first kappa shape index (κ1) is 16.5. The van der Waals surface area contributed by atoms with Crippen molar-refractivity contribution in [3.63, 3.8) is 0 Å². The second-order valence-corrected chi connectivity index (χ2v) is 5.48. The Balaban J connectivity index is 0.00000176. The van der Waals surface area contributed by atoms with E-state index < -0.39 is 5.97 Å². The Kier molecular flexibility index (Phi) is 5.21. The molecule has 0 radical (unpaired) electrons. The average molecular weight is 323 g/mol. The zero-order chi connectivity index (χ0) is 14.8. The van der Waals surface area contributed by atoms with Gasteiger partial charge in [0.15, 0.2) is 0 Å². The number of carboxylic acid groups (broad SMARTS) is 1. The number of piperidine rings is 1. The van der Waals surface area contributed by atoms with Crippen molar-refractivity contribution in [3.05, 3.63) is 35.9 Å². The highest BCUT2D eigenvalue weighted by Crippen LogP contribution is 2.21. The average Bonchev–Trinajstić information content (AvgIpc) is 2.49. The third-order valence-electron chi connectivity index (χ3n) is 3.86. The van der Waals surface area contributed by atoms with Crippen LogP contribution in [0, 0.1) is 0 Å². The summed E-state index contributed by atoms with van der Waals surface area (Å²) in [6, 6.07) is 8.59. The van der Waals surface area contributed by atoms with Crippen molar-refractivity contribution < 1.29 is 14.6 Å². The highest BCUT2D eigenvalue weighted by Gasteiger charge is 2.18. The highest BCUT2D eigenvalue weighted by molar-refractivity contribution is 5.93. The van der Waals surface area contributed by atoms with Crippen molar-refractivity contribution in [2.24, 2.45) is 0 Å². The molecular formula is C16H19ClN2O3. The molecule has 22 heavy (non-hydrogen) atoms. The number of pyridine rings is 1. The Labute approximate surface area is 135 Å². The van der Waals surface area contributed by atoms with E-state index >= 15 is 0 Å². The van der Waals surface area contributed by atoms with E-state index in [0.717, 1.165) is 36.8 Å². The number of ether oxygens (including phenoxy) is 1. The molecule has 0 atom stereocenters. The molecule has 1 aromatic heterocycles. The summed E-state index contributed by atoms with van der Waals surface area (Å²) in [5.41, 5.74) is 1.03. The molecule has 118 valence electrons. The molecule has 1 aliphatic rings. The van der Waals surface area contributed by atoms with Gasteiger partial charge in [0.05, 0.1) is 11.1 Å². The van der Waals surface area contributed by atoms with Crippen LogP contribution in [0.15, 0.2) is 30.3 Å². The lowest BCUT2D eigenvalue weighted by atomic mass is 10.1. The van der Waals surface area contributed by atoms with Gasteiger partial charge in [-0.2, -0.15) is 0 Å². The molecule has 2 heterocycles. The van der Waals surface area contributed by atoms with E-state index in [-0.39, 0.29) is 24.1 Å². The van der Waals surface area contributed by atoms with Crippen LogP contribution < -0.4 is 4.74 Å². The summed E-state index contributed by atoms with van der Waals surface area (Å²) in [7, 11) is 2.12. The van der Waals surface area contributed by atoms with Gasteiger partial charge in [0.25, 0.3) is 0 Å². The maximum absolute atomic E-state index is 11.0. The molecule has 1 saturated heterocycles. The molecule has 0 spiro atoms. The Morgan fingerprint density at radius 3 is 2.68 bits per heavy atom. The summed E-state index contributed by atoms with van der Waals surface area (Å²) < 4.78 is 5.94. The van der Waals surface area contributed by atoms with E-state index in [1.807, 2.05) is 12.1 Å². The number of halogens is 1. The van der Waals surface area contributed by atoms with Crippen molar-refractivity contribution in [2.45, 2.75) is 18.9 Å². The van der Waals surface area contributed by atoms with Crippen LogP contribution in [0.2, 0.25) is 0 Å². The summed E-state index contributed by atoms with van der Waals surface area (Å²) in [5, 5.41) is 9.80. The number of carbonyl (C=O) groups is 1. The van der Waals surface area contributed by atoms with Crippen LogP contribution in [0.5, 0.6) is 5.88 Å². The number of carboxylic acids is 1. The lowest BCUT2D eigenvalue weighted by molar-refractivity contribution is 0.0697. The fourth-order valence-electron chi connectivity index (χ4n) is 2.58. The summed E-state index contributed by atoms with van der Waals surface area (Å²) >= 11 is 0. The van der Waals surface area contributed by atoms with Crippen LogP contribution >= 0.6 is 12.4 Å². The number of nitrogens with zero attached hydrogens (tertiary/aromatic N) is 2. The van der Waals surface area contributed by atoms with Crippen molar-refractivity contribution in [1.29, 1.82) is 0 Å². The minimum atomic E-state index is -0.927. The minimum Gasteiger partial charge on any atom is -0.478 e. The van der Waals surface area contributed by atoms with Crippen LogP contribution in [0.4, 0.5) is 0 Å². The van der Waals surface area contributed by atoms with Crippen molar-refractivity contribution in [3.8, 4) is 5.88 Å². The van der Waals surface area contributed by atoms with Crippen molar-refractivity contribution in [2.75, 3.05) is 20.1 Å². The van der Waals surface area contributed by atoms with Crippen LogP contribution in [0.25, 0.3) is 10.9 Å². The summed E-state index contributed by atoms with van der Waals surface area (Å²) in [6.45, 7) is 2.08. The molecule has 1 N–H and O–H groups in total. The molecule has 0 unspecified atom stereocenters. The van der Waals surface area contributed by atoms with E-state index in [1.54, 1.807) is 18.2 Å². The third kappa shape index (κ3) is 3.67. The van der Waals surface area contributed by atoms with Crippen molar-refractivity contribution >= 4 is 29.3 Å². The van der Waals surface area contributed by atoms with Gasteiger partial charge in [0, 0.05) is 24.5 Å². The van der Waals surface area contributed by atoms with Gasteiger partial charge in [-0.25, -0.2) is 9.78 Å². The van der Waals surface area contributed by atoms with Gasteiger partial charge in [-0.15, -0.1) is 12.4 Å². The number of hydrogen-bond donors (Lipinski definition) is 1. The molecule has 5 nitrogen and oxygen atoms in total. The monoisotopic (exact) mass is 322 g/mol. The van der Waals surface area contributed by atoms with Gasteiger partial charge in [0.1, 0.15) is 6.10 Å². The van der Waals surface area contributed by atoms with Gasteiger partial charge in [-0.05, 0) is 44.2 Å². The largest absolute Gasteiger partial charge is 0.478 e. The molecule has 1 fully saturated rings. The summed E-state index contributed by atoms with van der Waals surface area (Å²) in [4.78, 5) is 17.7. The zero-order valence-electron chi connectivity index (χ0n) is 12.4. The number of hydrogen-bond acceptors (Lipinski definition) is 4. The molecule has 0 saturated carbocycles. The van der Waals surface area contributed by atoms with Crippen molar-refractivity contribution in [1.82, 2.24) is 9.88 Å². The van der Waals surface area contributed by atoms with E-state index in [0.29, 0.717) is 5.88 Å². The lowest BCUT2D eigenvalue weighted by Crippen LogP contribution is -2.35. The number of aromatic carboxylic acids is 1. The fraction of sp³-hybridized carbons (Fsp3) is 0.375. The normalized spacial score (nSPS) is 16.2. The predicted octanol–water partition coefficient (Wildman–Crippen LogP) is 2.83. The van der Waals surface area contributed by atoms with Crippen LogP contribution in [-0.4, -0.2) is 47.2 Å². The van der Waals surface area contributed by atoms with Gasteiger partial charge in [-0.1, -0.05) is 0 Å². The van der Waals surface area contributed by atoms with E-state index in [9.17, 15) is 4.79 Å². The van der Waals surface area contributed by atoms with Gasteiger partial charge in [-0.3, -0.25) is 0 Å². The number of aromatic nitrogens is 1. The first-order valence-corrected chi connectivity index (χ1v) is 7.11. The number of fused-ring (bicyclic) bond motifs is 1. The van der Waals surface area contributed by atoms with E-state index in [2.05, 4.69) is 16.9 Å². The van der Waals surface area contributed by atoms with Gasteiger partial charge in [0.2, 0.25) is 5.88 Å². The molecule has 1 aromatic carbocycles. The molecule has 6 heteroatoms. The summed E-state index contributed by atoms with van der Waals surface area (Å²) in [5.74, 6) is -0.316. The Hall–Kier alpha value is -1.85. The quantitative estimate of drug-likeness (QED) is 0.941. The molecule has 0 aliphatic carbocycles. The Morgan fingerprint density at radius 2 is 2.00 bits per heavy atom. The third-order valence-corrected chi connectivity index (χ3v) is 3.86. The molecule has 3 rings (SSSR count). The molecular weight excluding hydrogens is 304 g/mol. The summed E-state index contributed by atoms with van der Waals surface area (Å²) in [6.07, 6.45) is 2.23. The van der Waals surface area contributed by atoms with Crippen LogP contribution in [0.3, 0.4) is 0 Å². The molecule has 1 aliphatic heterocycles. The number of rotatable bonds is 3. The van der Waals surface area contributed by atoms with Gasteiger partial charge >= 0.3 is 5.97 Å². The second-order valence-electron chi connectivity index (χ2n) is 5.48. The van der Waals surface area contributed by atoms with Crippen LogP contribution in [0.1, 0.15) is 23.2 Å². The topological polar surface area (TPSA) is 62.7 Å². The fourth-order valence-corrected chi connectivity index (χ4v) is 2.58. The van der Waals surface area contributed by atoms with E-state index in [4.69, 9.17) is 9.84 Å². The van der Waals surface area contributed by atoms with Gasteiger partial charge < -0.3 is 14.7 Å². The van der Waals surface area contributed by atoms with Crippen LogP contribution in [-0.2, 0) is 0 Å². The molecule has 0 amide bonds. The SMILES string of the molecule is CN1CCC(Oc2ccc3cc(C(=O)O)ccc3n2)CC1.Cl. The molecule has 0 bridgehead atoms. The smallest absolute Gasteiger partial charge is 0.335 e. The first-order valence-electron chi connectivity index (χ1n) is 7.11. The maximum atomic E-state index is 11.0. The first-order chi connectivity index (χ1) is 10.1. The Bertz CT molecular complexity index is 669. The lowest BCUT2D eigenvalue weighted by Gasteiger charge is -2.28. The maximum Gasteiger partial charge on any atom is 0.335 e. The standard InChI is InChI=1S/C16H18N2O3.ClH/c1-18-8-6-13(7-9-18)21-15-5-3-11-10-12(16(19)20)2-4-14(11)17-15;/h2-5,10,13H,6-9H2,1H3,(H,19,20);1H. The molecule has 2 aromatic rings. The van der Waals surface area contributed by atoms with E-state index in [1.165, 1.54) is 0 Å².